The number of fused-ring (bicyclic) bond motifs is 1. The monoisotopic (exact) mass is 460 g/mol. The number of aryl methyl sites for hydroxylation is 1. The maximum absolute atomic E-state index is 13.2. The topological polar surface area (TPSA) is 100 Å². The molecule has 2 amide bonds. The van der Waals surface area contributed by atoms with E-state index >= 15 is 0 Å². The van der Waals surface area contributed by atoms with Gasteiger partial charge in [-0.05, 0) is 73.2 Å². The molecule has 0 saturated heterocycles. The minimum atomic E-state index is -0.380. The standard InChI is InChI=1S/C24H17FN4O3S/c1-13-11-20(29-23(30)19-3-2-10-32-19)33-21(13)24(31)26-16-8-9-17-18(12-16)28-22(27-17)14-4-6-15(25)7-5-14/h2-12H,1H3,(H,26,31)(H,27,28)(H,29,30). The molecule has 7 nitrogen and oxygen atoms in total. The van der Waals surface area contributed by atoms with E-state index in [4.69, 9.17) is 4.42 Å². The molecule has 3 heterocycles. The SMILES string of the molecule is Cc1cc(NC(=O)c2ccco2)sc1C(=O)Nc1ccc2nc(-c3ccc(F)cc3)[nH]c2c1. The van der Waals surface area contributed by atoms with Crippen LogP contribution in [0.5, 0.6) is 0 Å². The van der Waals surface area contributed by atoms with Crippen LogP contribution in [0.1, 0.15) is 25.8 Å². The molecule has 0 fully saturated rings. The summed E-state index contributed by atoms with van der Waals surface area (Å²) in [7, 11) is 0. The summed E-state index contributed by atoms with van der Waals surface area (Å²) in [5.41, 5.74) is 3.56. The van der Waals surface area contributed by atoms with Gasteiger partial charge in [-0.1, -0.05) is 0 Å². The number of furan rings is 1. The van der Waals surface area contributed by atoms with Crippen LogP contribution in [0.25, 0.3) is 22.4 Å². The fraction of sp³-hybridized carbons (Fsp3) is 0.0417. The second kappa shape index (κ2) is 8.36. The minimum absolute atomic E-state index is 0.194. The number of amides is 2. The van der Waals surface area contributed by atoms with Gasteiger partial charge in [-0.25, -0.2) is 9.37 Å². The van der Waals surface area contributed by atoms with E-state index in [0.717, 1.165) is 22.2 Å². The molecule has 0 bridgehead atoms. The summed E-state index contributed by atoms with van der Waals surface area (Å²) in [6.45, 7) is 1.81. The number of carbonyl (C=O) groups is 2. The Labute approximate surface area is 191 Å². The van der Waals surface area contributed by atoms with Gasteiger partial charge in [0, 0.05) is 11.3 Å². The van der Waals surface area contributed by atoms with Gasteiger partial charge in [0.2, 0.25) is 0 Å². The lowest BCUT2D eigenvalue weighted by Gasteiger charge is -2.04. The van der Waals surface area contributed by atoms with Crippen molar-refractivity contribution in [3.63, 3.8) is 0 Å². The molecule has 0 unspecified atom stereocenters. The fourth-order valence-corrected chi connectivity index (χ4v) is 4.33. The molecule has 2 aromatic carbocycles. The van der Waals surface area contributed by atoms with Crippen molar-refractivity contribution in [2.75, 3.05) is 10.6 Å². The van der Waals surface area contributed by atoms with Gasteiger partial charge in [-0.3, -0.25) is 9.59 Å². The lowest BCUT2D eigenvalue weighted by Crippen LogP contribution is -2.11. The van der Waals surface area contributed by atoms with Gasteiger partial charge in [0.25, 0.3) is 11.8 Å². The number of imidazole rings is 1. The van der Waals surface area contributed by atoms with Crippen molar-refractivity contribution in [2.45, 2.75) is 6.92 Å². The zero-order valence-corrected chi connectivity index (χ0v) is 18.1. The Bertz CT molecular complexity index is 1470. The van der Waals surface area contributed by atoms with E-state index in [2.05, 4.69) is 20.6 Å². The number of nitrogens with one attached hydrogen (secondary N) is 3. The van der Waals surface area contributed by atoms with E-state index < -0.39 is 0 Å². The first-order valence-corrected chi connectivity index (χ1v) is 10.8. The van der Waals surface area contributed by atoms with Crippen LogP contribution in [0, 0.1) is 12.7 Å². The number of H-pyrrole nitrogens is 1. The Morgan fingerprint density at radius 1 is 1.03 bits per heavy atom. The lowest BCUT2D eigenvalue weighted by molar-refractivity contribution is 0.0995. The second-order valence-corrected chi connectivity index (χ2v) is 8.38. The number of aromatic amines is 1. The van der Waals surface area contributed by atoms with E-state index in [-0.39, 0.29) is 23.4 Å². The van der Waals surface area contributed by atoms with Crippen LogP contribution in [0.3, 0.4) is 0 Å². The van der Waals surface area contributed by atoms with Crippen LogP contribution in [0.2, 0.25) is 0 Å². The molecule has 3 aromatic heterocycles. The average molecular weight is 460 g/mol. The molecule has 0 aliphatic rings. The molecular formula is C24H17FN4O3S. The van der Waals surface area contributed by atoms with E-state index in [1.165, 1.54) is 29.7 Å². The summed E-state index contributed by atoms with van der Waals surface area (Å²) in [6.07, 6.45) is 1.42. The van der Waals surface area contributed by atoms with Crippen molar-refractivity contribution in [3.05, 3.63) is 88.9 Å². The number of anilines is 2. The third-order valence-corrected chi connectivity index (χ3v) is 6.11. The maximum atomic E-state index is 13.2. The quantitative estimate of drug-likeness (QED) is 0.307. The van der Waals surface area contributed by atoms with Crippen molar-refractivity contribution in [2.24, 2.45) is 0 Å². The molecule has 5 rings (SSSR count). The second-order valence-electron chi connectivity index (χ2n) is 7.33. The van der Waals surface area contributed by atoms with Gasteiger partial charge in [0.05, 0.1) is 27.2 Å². The predicted octanol–water partition coefficient (Wildman–Crippen LogP) is 5.84. The Kier molecular flexibility index (Phi) is 5.23. The number of thiophene rings is 1. The zero-order valence-electron chi connectivity index (χ0n) is 17.3. The summed E-state index contributed by atoms with van der Waals surface area (Å²) in [6, 6.07) is 16.3. The minimum Gasteiger partial charge on any atom is -0.459 e. The molecule has 0 aliphatic carbocycles. The highest BCUT2D eigenvalue weighted by Gasteiger charge is 2.17. The first kappa shape index (κ1) is 20.7. The van der Waals surface area contributed by atoms with Crippen LogP contribution in [0.15, 0.2) is 71.3 Å². The summed E-state index contributed by atoms with van der Waals surface area (Å²) < 4.78 is 18.3. The molecule has 0 saturated carbocycles. The third-order valence-electron chi connectivity index (χ3n) is 4.96. The molecule has 9 heteroatoms. The summed E-state index contributed by atoms with van der Waals surface area (Å²) in [5, 5.41) is 6.17. The third kappa shape index (κ3) is 4.26. The number of aromatic nitrogens is 2. The van der Waals surface area contributed by atoms with Crippen LogP contribution in [-0.4, -0.2) is 21.8 Å². The van der Waals surface area contributed by atoms with Crippen molar-refractivity contribution in [3.8, 4) is 11.4 Å². The van der Waals surface area contributed by atoms with E-state index in [9.17, 15) is 14.0 Å². The largest absolute Gasteiger partial charge is 0.459 e. The molecular weight excluding hydrogens is 443 g/mol. The lowest BCUT2D eigenvalue weighted by atomic mass is 10.2. The molecule has 3 N–H and O–H groups in total. The number of carbonyl (C=O) groups excluding carboxylic acids is 2. The number of halogens is 1. The van der Waals surface area contributed by atoms with E-state index in [1.807, 2.05) is 0 Å². The summed E-state index contributed by atoms with van der Waals surface area (Å²) in [5.74, 6) is -0.171. The first-order valence-electron chi connectivity index (χ1n) is 9.98. The number of nitrogens with zero attached hydrogens (tertiary/aromatic N) is 1. The van der Waals surface area contributed by atoms with Gasteiger partial charge >= 0.3 is 0 Å². The first-order chi connectivity index (χ1) is 16.0. The van der Waals surface area contributed by atoms with Crippen LogP contribution in [0.4, 0.5) is 15.1 Å². The highest BCUT2D eigenvalue weighted by molar-refractivity contribution is 7.18. The maximum Gasteiger partial charge on any atom is 0.291 e. The van der Waals surface area contributed by atoms with Crippen molar-refractivity contribution >= 4 is 44.9 Å². The van der Waals surface area contributed by atoms with Crippen LogP contribution < -0.4 is 10.6 Å². The summed E-state index contributed by atoms with van der Waals surface area (Å²) >= 11 is 1.18. The number of rotatable bonds is 5. The van der Waals surface area contributed by atoms with Crippen LogP contribution >= 0.6 is 11.3 Å². The molecule has 33 heavy (non-hydrogen) atoms. The van der Waals surface area contributed by atoms with Gasteiger partial charge in [-0.2, -0.15) is 0 Å². The molecule has 164 valence electrons. The Morgan fingerprint density at radius 3 is 2.61 bits per heavy atom. The number of hydrogen-bond donors (Lipinski definition) is 3. The Morgan fingerprint density at radius 2 is 1.85 bits per heavy atom. The molecule has 0 spiro atoms. The molecule has 0 aliphatic heterocycles. The normalized spacial score (nSPS) is 11.0. The van der Waals surface area contributed by atoms with E-state index in [0.29, 0.717) is 21.4 Å². The number of benzene rings is 2. The number of hydrogen-bond acceptors (Lipinski definition) is 5. The van der Waals surface area contributed by atoms with Crippen molar-refractivity contribution in [1.82, 2.24) is 9.97 Å². The van der Waals surface area contributed by atoms with Gasteiger partial charge in [-0.15, -0.1) is 11.3 Å². The van der Waals surface area contributed by atoms with Gasteiger partial charge in [0.1, 0.15) is 11.6 Å². The van der Waals surface area contributed by atoms with Gasteiger partial charge in [0.15, 0.2) is 5.76 Å². The average Bonchev–Trinajstić information content (AvgIpc) is 3.53. The highest BCUT2D eigenvalue weighted by Crippen LogP contribution is 2.29. The van der Waals surface area contributed by atoms with Crippen molar-refractivity contribution in [1.29, 1.82) is 0 Å². The van der Waals surface area contributed by atoms with Crippen LogP contribution in [-0.2, 0) is 0 Å². The highest BCUT2D eigenvalue weighted by atomic mass is 32.1. The van der Waals surface area contributed by atoms with E-state index in [1.54, 1.807) is 55.5 Å². The van der Waals surface area contributed by atoms with Gasteiger partial charge < -0.3 is 20.0 Å². The zero-order chi connectivity index (χ0) is 22.9. The fourth-order valence-electron chi connectivity index (χ4n) is 3.37. The summed E-state index contributed by atoms with van der Waals surface area (Å²) in [4.78, 5) is 33.2. The Balaban J connectivity index is 1.33. The smallest absolute Gasteiger partial charge is 0.291 e. The molecule has 5 aromatic rings. The van der Waals surface area contributed by atoms with Crippen molar-refractivity contribution < 1.29 is 18.4 Å². The molecule has 0 atom stereocenters. The molecule has 0 radical (unpaired) electrons. The predicted molar refractivity (Wildman–Crippen MR) is 125 cm³/mol. The Hall–Kier alpha value is -4.24.